The van der Waals surface area contributed by atoms with Crippen LogP contribution in [0.1, 0.15) is 46.0 Å². The molecule has 8 heteroatoms. The van der Waals surface area contributed by atoms with Gasteiger partial charge in [-0.2, -0.15) is 5.01 Å². The summed E-state index contributed by atoms with van der Waals surface area (Å²) in [6.45, 7) is 7.38. The number of esters is 1. The summed E-state index contributed by atoms with van der Waals surface area (Å²) in [7, 11) is 1.44. The summed E-state index contributed by atoms with van der Waals surface area (Å²) in [5.41, 5.74) is 0.884. The van der Waals surface area contributed by atoms with Gasteiger partial charge in [0, 0.05) is 18.8 Å². The van der Waals surface area contributed by atoms with Crippen LogP contribution in [0.3, 0.4) is 0 Å². The third kappa shape index (κ3) is 6.11. The van der Waals surface area contributed by atoms with Gasteiger partial charge in [0.05, 0.1) is 13.0 Å². The number of anilines is 1. The fourth-order valence-corrected chi connectivity index (χ4v) is 4.62. The summed E-state index contributed by atoms with van der Waals surface area (Å²) in [6, 6.07) is 9.77. The van der Waals surface area contributed by atoms with Crippen LogP contribution < -0.4 is 10.2 Å². The molecule has 0 aromatic heterocycles. The van der Waals surface area contributed by atoms with Gasteiger partial charge in [-0.3, -0.25) is 14.7 Å². The number of para-hydroxylation sites is 1. The standard InChI is InChI=1S/C23H36N4O3.ClH/c1-4-8-20(22(28)30-3)17-26-18(2)27(21-9-6-5-7-10-21)23(29)25(26)16-13-19-11-14-24-15-12-19;/h5-7,9-10,18-20,24H,4,8,11-17H2,1-3H3;1H. The van der Waals surface area contributed by atoms with Crippen molar-refractivity contribution in [3.05, 3.63) is 30.3 Å². The number of nitrogens with zero attached hydrogens (tertiary/aromatic N) is 3. The molecule has 174 valence electrons. The van der Waals surface area contributed by atoms with E-state index in [1.807, 2.05) is 47.2 Å². The topological polar surface area (TPSA) is 65.1 Å². The van der Waals surface area contributed by atoms with E-state index in [2.05, 4.69) is 17.2 Å². The normalized spacial score (nSPS) is 21.1. The Labute approximate surface area is 192 Å². The van der Waals surface area contributed by atoms with Crippen LogP contribution in [-0.2, 0) is 9.53 Å². The van der Waals surface area contributed by atoms with Gasteiger partial charge in [0.1, 0.15) is 6.17 Å². The van der Waals surface area contributed by atoms with E-state index < -0.39 is 0 Å². The largest absolute Gasteiger partial charge is 0.469 e. The second-order valence-corrected chi connectivity index (χ2v) is 8.36. The Morgan fingerprint density at radius 1 is 1.23 bits per heavy atom. The lowest BCUT2D eigenvalue weighted by molar-refractivity contribution is -0.148. The highest BCUT2D eigenvalue weighted by Crippen LogP contribution is 2.30. The molecule has 2 aliphatic heterocycles. The molecule has 1 N–H and O–H groups in total. The lowest BCUT2D eigenvalue weighted by Crippen LogP contribution is -2.46. The quantitative estimate of drug-likeness (QED) is 0.576. The van der Waals surface area contributed by atoms with Crippen LogP contribution >= 0.6 is 12.4 Å². The Morgan fingerprint density at radius 3 is 2.52 bits per heavy atom. The monoisotopic (exact) mass is 452 g/mol. The molecule has 31 heavy (non-hydrogen) atoms. The number of hydrazine groups is 1. The SMILES string of the molecule is CCCC(CN1C(C)N(c2ccccc2)C(=O)N1CCC1CCNCC1)C(=O)OC.Cl. The predicted molar refractivity (Wildman–Crippen MR) is 125 cm³/mol. The van der Waals surface area contributed by atoms with E-state index >= 15 is 0 Å². The highest BCUT2D eigenvalue weighted by atomic mass is 35.5. The molecule has 0 saturated carbocycles. The van der Waals surface area contributed by atoms with Gasteiger partial charge in [0.2, 0.25) is 0 Å². The number of methoxy groups -OCH3 is 1. The molecule has 3 rings (SSSR count). The molecule has 7 nitrogen and oxygen atoms in total. The molecule has 1 aromatic carbocycles. The average molecular weight is 453 g/mol. The van der Waals surface area contributed by atoms with Gasteiger partial charge >= 0.3 is 12.0 Å². The minimum atomic E-state index is -0.243. The van der Waals surface area contributed by atoms with E-state index in [1.54, 1.807) is 0 Å². The van der Waals surface area contributed by atoms with Crippen LogP contribution in [-0.4, -0.2) is 61.5 Å². The van der Waals surface area contributed by atoms with Crippen molar-refractivity contribution in [3.8, 4) is 0 Å². The molecule has 2 atom stereocenters. The number of ether oxygens (including phenoxy) is 1. The zero-order valence-electron chi connectivity index (χ0n) is 19.0. The zero-order valence-corrected chi connectivity index (χ0v) is 19.8. The van der Waals surface area contributed by atoms with Crippen molar-refractivity contribution in [2.24, 2.45) is 11.8 Å². The fraction of sp³-hybridized carbons (Fsp3) is 0.652. The van der Waals surface area contributed by atoms with Gasteiger partial charge in [-0.25, -0.2) is 4.79 Å². The van der Waals surface area contributed by atoms with Gasteiger partial charge in [0.15, 0.2) is 0 Å². The summed E-state index contributed by atoms with van der Waals surface area (Å²) >= 11 is 0. The summed E-state index contributed by atoms with van der Waals surface area (Å²) < 4.78 is 5.05. The molecule has 0 spiro atoms. The Balaban J connectivity index is 0.00000341. The van der Waals surface area contributed by atoms with E-state index in [0.717, 1.165) is 50.9 Å². The first-order valence-corrected chi connectivity index (χ1v) is 11.3. The predicted octanol–water partition coefficient (Wildman–Crippen LogP) is 3.89. The zero-order chi connectivity index (χ0) is 21.5. The maximum absolute atomic E-state index is 13.5. The number of urea groups is 1. The molecule has 0 aliphatic carbocycles. The van der Waals surface area contributed by atoms with Crippen molar-refractivity contribution >= 4 is 30.1 Å². The second-order valence-electron chi connectivity index (χ2n) is 8.36. The summed E-state index contributed by atoms with van der Waals surface area (Å²) in [6.07, 6.45) is 4.78. The molecule has 2 amide bonds. The van der Waals surface area contributed by atoms with E-state index in [1.165, 1.54) is 7.11 Å². The minimum Gasteiger partial charge on any atom is -0.469 e. The Morgan fingerprint density at radius 2 is 1.90 bits per heavy atom. The number of hydrogen-bond donors (Lipinski definition) is 1. The van der Waals surface area contributed by atoms with E-state index in [4.69, 9.17) is 4.74 Å². The maximum atomic E-state index is 13.5. The first-order valence-electron chi connectivity index (χ1n) is 11.3. The van der Waals surface area contributed by atoms with E-state index in [-0.39, 0.29) is 36.5 Å². The van der Waals surface area contributed by atoms with Gasteiger partial charge in [0.25, 0.3) is 0 Å². The maximum Gasteiger partial charge on any atom is 0.340 e. The molecule has 2 aliphatic rings. The lowest BCUT2D eigenvalue weighted by Gasteiger charge is -2.33. The minimum absolute atomic E-state index is 0. The van der Waals surface area contributed by atoms with Crippen LogP contribution in [0.15, 0.2) is 30.3 Å². The number of halogens is 1. The van der Waals surface area contributed by atoms with Crippen LogP contribution in [0.4, 0.5) is 10.5 Å². The second kappa shape index (κ2) is 12.3. The number of carbonyl (C=O) groups excluding carboxylic acids is 2. The Kier molecular flexibility index (Phi) is 10.1. The fourth-order valence-electron chi connectivity index (χ4n) is 4.62. The van der Waals surface area contributed by atoms with E-state index in [9.17, 15) is 9.59 Å². The number of benzene rings is 1. The van der Waals surface area contributed by atoms with Gasteiger partial charge in [-0.1, -0.05) is 31.5 Å². The molecule has 1 aromatic rings. The van der Waals surface area contributed by atoms with Crippen LogP contribution in [0, 0.1) is 11.8 Å². The number of hydrogen-bond acceptors (Lipinski definition) is 5. The first kappa shape index (κ1) is 25.4. The summed E-state index contributed by atoms with van der Waals surface area (Å²) in [5, 5.41) is 7.35. The molecule has 2 fully saturated rings. The number of amides is 2. The van der Waals surface area contributed by atoms with Crippen molar-refractivity contribution in [3.63, 3.8) is 0 Å². The molecular weight excluding hydrogens is 416 g/mol. The smallest absolute Gasteiger partial charge is 0.340 e. The summed E-state index contributed by atoms with van der Waals surface area (Å²) in [4.78, 5) is 27.7. The van der Waals surface area contributed by atoms with Crippen molar-refractivity contribution < 1.29 is 14.3 Å². The van der Waals surface area contributed by atoms with Crippen molar-refractivity contribution in [1.29, 1.82) is 0 Å². The summed E-state index contributed by atoms with van der Waals surface area (Å²) in [5.74, 6) is 0.189. The lowest BCUT2D eigenvalue weighted by atomic mass is 9.95. The molecule has 0 bridgehead atoms. The average Bonchev–Trinajstić information content (AvgIpc) is 3.01. The van der Waals surface area contributed by atoms with Crippen LogP contribution in [0.2, 0.25) is 0 Å². The number of piperidine rings is 1. The van der Waals surface area contributed by atoms with Crippen LogP contribution in [0.5, 0.6) is 0 Å². The number of carbonyl (C=O) groups is 2. The van der Waals surface area contributed by atoms with Gasteiger partial charge < -0.3 is 10.1 Å². The molecule has 0 radical (unpaired) electrons. The molecule has 2 unspecified atom stereocenters. The number of nitrogens with one attached hydrogen (secondary N) is 1. The van der Waals surface area contributed by atoms with Crippen LogP contribution in [0.25, 0.3) is 0 Å². The van der Waals surface area contributed by atoms with Gasteiger partial charge in [-0.15, -0.1) is 12.4 Å². The molecular formula is C23H37ClN4O3. The first-order chi connectivity index (χ1) is 14.6. The third-order valence-corrected chi connectivity index (χ3v) is 6.36. The highest BCUT2D eigenvalue weighted by Gasteiger charge is 2.43. The van der Waals surface area contributed by atoms with Crippen molar-refractivity contribution in [1.82, 2.24) is 15.3 Å². The molecule has 2 heterocycles. The van der Waals surface area contributed by atoms with Crippen molar-refractivity contribution in [2.45, 2.75) is 52.1 Å². The van der Waals surface area contributed by atoms with E-state index in [0.29, 0.717) is 19.0 Å². The highest BCUT2D eigenvalue weighted by molar-refractivity contribution is 5.94. The number of rotatable bonds is 9. The Hall–Kier alpha value is -1.83. The van der Waals surface area contributed by atoms with Gasteiger partial charge in [-0.05, 0) is 63.7 Å². The molecule has 2 saturated heterocycles. The Bertz CT molecular complexity index is 699. The van der Waals surface area contributed by atoms with Crippen molar-refractivity contribution in [2.75, 3.05) is 38.2 Å². The third-order valence-electron chi connectivity index (χ3n) is 6.36.